The Morgan fingerprint density at radius 2 is 2.05 bits per heavy atom. The van der Waals surface area contributed by atoms with Gasteiger partial charge in [-0.25, -0.2) is 4.98 Å². The van der Waals surface area contributed by atoms with Gasteiger partial charge in [-0.2, -0.15) is 0 Å². The van der Waals surface area contributed by atoms with E-state index in [0.717, 1.165) is 26.8 Å². The molecule has 3 nitrogen and oxygen atoms in total. The van der Waals surface area contributed by atoms with Crippen LogP contribution in [0.3, 0.4) is 0 Å². The lowest BCUT2D eigenvalue weighted by molar-refractivity contribution is 1.10. The Kier molecular flexibility index (Phi) is 2.99. The fraction of sp³-hybridized carbons (Fsp3) is 0.0714. The zero-order chi connectivity index (χ0) is 13.6. The van der Waals surface area contributed by atoms with Gasteiger partial charge in [-0.3, -0.25) is 4.57 Å². The molecule has 2 aromatic carbocycles. The number of nitrogens with zero attached hydrogens (tertiary/aromatic N) is 2. The summed E-state index contributed by atoms with van der Waals surface area (Å²) in [6.07, 6.45) is 0. The van der Waals surface area contributed by atoms with Crippen LogP contribution < -0.4 is 5.73 Å². The average Bonchev–Trinajstić information content (AvgIpc) is 2.65. The van der Waals surface area contributed by atoms with Crippen LogP contribution in [0.15, 0.2) is 40.9 Å². The molecular weight excluding hydrogens is 326 g/mol. The second kappa shape index (κ2) is 4.54. The maximum atomic E-state index is 6.15. The first-order valence-corrected chi connectivity index (χ1v) is 6.93. The maximum absolute atomic E-state index is 6.15. The summed E-state index contributed by atoms with van der Waals surface area (Å²) < 4.78 is 2.91. The van der Waals surface area contributed by atoms with Crippen molar-refractivity contribution >= 4 is 44.5 Å². The van der Waals surface area contributed by atoms with E-state index in [1.54, 1.807) is 0 Å². The summed E-state index contributed by atoms with van der Waals surface area (Å²) in [6.45, 7) is 2.04. The van der Waals surface area contributed by atoms with Crippen molar-refractivity contribution in [1.82, 2.24) is 9.55 Å². The van der Waals surface area contributed by atoms with Gasteiger partial charge in [0.2, 0.25) is 5.95 Å². The van der Waals surface area contributed by atoms with E-state index in [1.807, 2.05) is 41.8 Å². The fourth-order valence-corrected chi connectivity index (χ4v) is 3.01. The zero-order valence-corrected chi connectivity index (χ0v) is 12.5. The molecule has 3 aromatic rings. The van der Waals surface area contributed by atoms with Crippen LogP contribution >= 0.6 is 27.5 Å². The number of hydrogen-bond donors (Lipinski definition) is 1. The lowest BCUT2D eigenvalue weighted by atomic mass is 10.2. The zero-order valence-electron chi connectivity index (χ0n) is 10.2. The van der Waals surface area contributed by atoms with Crippen LogP contribution in [0.25, 0.3) is 16.7 Å². The highest BCUT2D eigenvalue weighted by atomic mass is 79.9. The van der Waals surface area contributed by atoms with E-state index >= 15 is 0 Å². The molecule has 0 spiro atoms. The first kappa shape index (κ1) is 12.5. The predicted octanol–water partition coefficient (Wildman–Crippen LogP) is 4.33. The number of imidazole rings is 1. The topological polar surface area (TPSA) is 43.8 Å². The summed E-state index contributed by atoms with van der Waals surface area (Å²) in [4.78, 5) is 4.34. The van der Waals surface area contributed by atoms with Gasteiger partial charge in [-0.1, -0.05) is 33.6 Å². The Morgan fingerprint density at radius 3 is 2.79 bits per heavy atom. The molecule has 0 radical (unpaired) electrons. The molecule has 3 rings (SSSR count). The van der Waals surface area contributed by atoms with Crippen LogP contribution in [0.2, 0.25) is 5.02 Å². The monoisotopic (exact) mass is 335 g/mol. The first-order chi connectivity index (χ1) is 9.06. The summed E-state index contributed by atoms with van der Waals surface area (Å²) in [5, 5.41) is 0.606. The molecule has 0 fully saturated rings. The Hall–Kier alpha value is -1.52. The molecule has 0 unspecified atom stereocenters. The van der Waals surface area contributed by atoms with Crippen LogP contribution in [0, 0.1) is 6.92 Å². The second-order valence-corrected chi connectivity index (χ2v) is 5.72. The molecule has 96 valence electrons. The summed E-state index contributed by atoms with van der Waals surface area (Å²) in [6, 6.07) is 11.8. The number of aromatic nitrogens is 2. The predicted molar refractivity (Wildman–Crippen MR) is 82.9 cm³/mol. The van der Waals surface area contributed by atoms with Crippen LogP contribution in [0.5, 0.6) is 0 Å². The van der Waals surface area contributed by atoms with Gasteiger partial charge in [0.25, 0.3) is 0 Å². The number of benzene rings is 2. The van der Waals surface area contributed by atoms with E-state index in [2.05, 4.69) is 27.0 Å². The molecule has 0 saturated heterocycles. The number of rotatable bonds is 1. The third-order valence-electron chi connectivity index (χ3n) is 2.95. The molecule has 0 amide bonds. The minimum absolute atomic E-state index is 0.431. The van der Waals surface area contributed by atoms with Crippen LogP contribution in [-0.4, -0.2) is 9.55 Å². The molecule has 0 aliphatic heterocycles. The maximum Gasteiger partial charge on any atom is 0.205 e. The van der Waals surface area contributed by atoms with E-state index < -0.39 is 0 Å². The van der Waals surface area contributed by atoms with Crippen LogP contribution in [0.4, 0.5) is 5.95 Å². The van der Waals surface area contributed by atoms with Crippen molar-refractivity contribution in [2.45, 2.75) is 6.92 Å². The number of nitrogens with two attached hydrogens (primary N) is 1. The third-order valence-corrected chi connectivity index (χ3v) is 3.71. The number of hydrogen-bond acceptors (Lipinski definition) is 2. The quantitative estimate of drug-likeness (QED) is 0.718. The molecular formula is C14H11BrClN3. The number of nitrogen functional groups attached to an aromatic ring is 1. The van der Waals surface area contributed by atoms with Gasteiger partial charge in [0.05, 0.1) is 16.2 Å². The summed E-state index contributed by atoms with van der Waals surface area (Å²) in [7, 11) is 0. The molecule has 0 aliphatic rings. The Labute approximate surface area is 124 Å². The molecule has 0 aliphatic carbocycles. The SMILES string of the molecule is Cc1cc(Br)cc(-n2c(N)nc3c(Cl)cccc32)c1. The first-order valence-electron chi connectivity index (χ1n) is 5.76. The Morgan fingerprint density at radius 1 is 1.26 bits per heavy atom. The third kappa shape index (κ3) is 2.11. The molecule has 1 aromatic heterocycles. The smallest absolute Gasteiger partial charge is 0.205 e. The van der Waals surface area contributed by atoms with Crippen molar-refractivity contribution in [3.63, 3.8) is 0 Å². The molecule has 2 N–H and O–H groups in total. The standard InChI is InChI=1S/C14H11BrClN3/c1-8-5-9(15)7-10(6-8)19-12-4-2-3-11(16)13(12)18-14(19)17/h2-7H,1H3,(H2,17,18). The molecule has 1 heterocycles. The molecule has 5 heteroatoms. The van der Waals surface area contributed by atoms with Crippen molar-refractivity contribution in [2.24, 2.45) is 0 Å². The highest BCUT2D eigenvalue weighted by Gasteiger charge is 2.12. The van der Waals surface area contributed by atoms with Crippen molar-refractivity contribution < 1.29 is 0 Å². The second-order valence-electron chi connectivity index (χ2n) is 4.40. The van der Waals surface area contributed by atoms with Crippen molar-refractivity contribution in [1.29, 1.82) is 0 Å². The van der Waals surface area contributed by atoms with Crippen LogP contribution in [-0.2, 0) is 0 Å². The lowest BCUT2D eigenvalue weighted by Gasteiger charge is -2.08. The average molecular weight is 337 g/mol. The Bertz CT molecular complexity index is 759. The van der Waals surface area contributed by atoms with Gasteiger partial charge in [0, 0.05) is 4.47 Å². The van der Waals surface area contributed by atoms with Gasteiger partial charge in [0.15, 0.2) is 0 Å². The van der Waals surface area contributed by atoms with E-state index in [-0.39, 0.29) is 0 Å². The summed E-state index contributed by atoms with van der Waals surface area (Å²) >= 11 is 9.65. The van der Waals surface area contributed by atoms with Gasteiger partial charge in [-0.05, 0) is 42.8 Å². The van der Waals surface area contributed by atoms with E-state index in [4.69, 9.17) is 17.3 Å². The normalized spacial score (nSPS) is 11.1. The molecule has 0 atom stereocenters. The van der Waals surface area contributed by atoms with E-state index in [1.165, 1.54) is 0 Å². The number of halogens is 2. The van der Waals surface area contributed by atoms with E-state index in [0.29, 0.717) is 11.0 Å². The van der Waals surface area contributed by atoms with E-state index in [9.17, 15) is 0 Å². The highest BCUT2D eigenvalue weighted by molar-refractivity contribution is 9.10. The van der Waals surface area contributed by atoms with Gasteiger partial charge in [-0.15, -0.1) is 0 Å². The van der Waals surface area contributed by atoms with Crippen molar-refractivity contribution in [3.8, 4) is 5.69 Å². The highest BCUT2D eigenvalue weighted by Crippen LogP contribution is 2.29. The van der Waals surface area contributed by atoms with Gasteiger partial charge in [0.1, 0.15) is 5.52 Å². The lowest BCUT2D eigenvalue weighted by Crippen LogP contribution is -2.00. The number of fused-ring (bicyclic) bond motifs is 1. The van der Waals surface area contributed by atoms with Crippen molar-refractivity contribution in [2.75, 3.05) is 5.73 Å². The molecule has 19 heavy (non-hydrogen) atoms. The minimum Gasteiger partial charge on any atom is -0.369 e. The summed E-state index contributed by atoms with van der Waals surface area (Å²) in [5.41, 5.74) is 9.77. The Balaban J connectivity index is 2.36. The molecule has 0 saturated carbocycles. The number of aryl methyl sites for hydroxylation is 1. The van der Waals surface area contributed by atoms with Gasteiger partial charge >= 0.3 is 0 Å². The van der Waals surface area contributed by atoms with Crippen molar-refractivity contribution in [3.05, 3.63) is 51.5 Å². The number of anilines is 1. The summed E-state index contributed by atoms with van der Waals surface area (Å²) in [5.74, 6) is 0.431. The largest absolute Gasteiger partial charge is 0.369 e. The number of para-hydroxylation sites is 1. The minimum atomic E-state index is 0.431. The fourth-order valence-electron chi connectivity index (χ4n) is 2.20. The van der Waals surface area contributed by atoms with Gasteiger partial charge < -0.3 is 5.73 Å². The van der Waals surface area contributed by atoms with Crippen LogP contribution in [0.1, 0.15) is 5.56 Å². The molecule has 0 bridgehead atoms.